The molecule has 3 aliphatic heterocycles. The van der Waals surface area contributed by atoms with E-state index in [4.69, 9.17) is 56.8 Å². The van der Waals surface area contributed by atoms with Crippen LogP contribution in [0.15, 0.2) is 24.3 Å². The smallest absolute Gasteiger partial charge is 0.310 e. The summed E-state index contributed by atoms with van der Waals surface area (Å²) in [5.74, 6) is -3.17. The van der Waals surface area contributed by atoms with Crippen LogP contribution >= 0.6 is 0 Å². The average Bonchev–Trinajstić information content (AvgIpc) is 3.87. The lowest BCUT2D eigenvalue weighted by atomic mass is 9.66. The molecule has 0 unspecified atom stereocenters. The highest BCUT2D eigenvalue weighted by atomic mass is 16.7. The van der Waals surface area contributed by atoms with Crippen LogP contribution in [0.2, 0.25) is 0 Å². The Kier molecular flexibility index (Phi) is 15.2. The van der Waals surface area contributed by atoms with E-state index < -0.39 is 91.0 Å². The quantitative estimate of drug-likeness (QED) is 0.124. The molecule has 9 atom stereocenters. The minimum Gasteiger partial charge on any atom is -0.493 e. The molecule has 0 aromatic heterocycles. The molecule has 0 spiro atoms. The predicted octanol–water partition coefficient (Wildman–Crippen LogP) is 5.64. The van der Waals surface area contributed by atoms with Crippen molar-refractivity contribution >= 4 is 29.8 Å². The monoisotopic (exact) mass is 856 g/mol. The van der Waals surface area contributed by atoms with Gasteiger partial charge in [0.25, 0.3) is 0 Å². The number of benzene rings is 2. The summed E-state index contributed by atoms with van der Waals surface area (Å²) in [4.78, 5) is 66.7. The Bertz CT molecular complexity index is 1890. The van der Waals surface area contributed by atoms with Gasteiger partial charge in [0.15, 0.2) is 47.6 Å². The molecule has 0 bridgehead atoms. The molecule has 3 heterocycles. The lowest BCUT2D eigenvalue weighted by Crippen LogP contribution is -2.63. The fraction of sp³-hybridized carbons (Fsp3) is 0.614. The van der Waals surface area contributed by atoms with E-state index in [2.05, 4.69) is 0 Å². The van der Waals surface area contributed by atoms with Crippen LogP contribution in [-0.4, -0.2) is 102 Å². The topological polar surface area (TPSA) is 196 Å². The average molecular weight is 857 g/mol. The summed E-state index contributed by atoms with van der Waals surface area (Å²) in [6.07, 6.45) is -6.19. The van der Waals surface area contributed by atoms with Gasteiger partial charge < -0.3 is 56.8 Å². The Labute approximate surface area is 354 Å². The standard InChI is InChI=1S/C44H56O17/c1-8-12-32(45)53-21-31-40(58-33(46)13-9-2)41(59-34(47)14-10-3)42(60-35(48)15-11-4)44(57-31)61-38-25-19-28-27(55-22-56-28)18-24(25)36(37-26(38)20-54-43(37)49)23-16-29(50-5)39(52-7)30(17-23)51-6/h16-19,26,31,36-38,40-42,44H,8-15,20-22H2,1-7H3/t26-,31+,36+,37-,38+,40-,41-,42+,44+/m0/s1. The van der Waals surface area contributed by atoms with Gasteiger partial charge >= 0.3 is 29.8 Å². The molecule has 1 aliphatic carbocycles. The van der Waals surface area contributed by atoms with Gasteiger partial charge in [-0.3, -0.25) is 24.0 Å². The van der Waals surface area contributed by atoms with Crippen LogP contribution in [0.5, 0.6) is 28.7 Å². The number of hydrogen-bond acceptors (Lipinski definition) is 17. The van der Waals surface area contributed by atoms with Crippen molar-refractivity contribution in [2.45, 2.75) is 122 Å². The molecule has 2 fully saturated rings. The first-order valence-electron chi connectivity index (χ1n) is 20.9. The first kappa shape index (κ1) is 45.2. The van der Waals surface area contributed by atoms with E-state index in [1.165, 1.54) is 21.3 Å². The van der Waals surface area contributed by atoms with Crippen molar-refractivity contribution in [3.8, 4) is 28.7 Å². The van der Waals surface area contributed by atoms with Crippen molar-refractivity contribution in [2.75, 3.05) is 41.3 Å². The largest absolute Gasteiger partial charge is 0.493 e. The minimum atomic E-state index is -1.53. The lowest BCUT2D eigenvalue weighted by molar-refractivity contribution is -0.323. The minimum absolute atomic E-state index is 0.001000. The van der Waals surface area contributed by atoms with Crippen molar-refractivity contribution in [2.24, 2.45) is 11.8 Å². The molecule has 2 aromatic rings. The SMILES string of the molecule is CCCC(=O)OC[C@H]1O[C@H](O[C@@H]2c3cc4c(cc3[C@@H](c3cc(OC)c(OC)c(OC)c3)[C@H]3C(=O)OC[C@@H]32)OCO4)[C@H](OC(=O)CCC)[C@@H](OC(=O)CCC)[C@H]1OC(=O)CCC. The van der Waals surface area contributed by atoms with E-state index in [1.807, 2.05) is 6.92 Å². The normalized spacial score (nSPS) is 26.0. The highest BCUT2D eigenvalue weighted by molar-refractivity contribution is 5.79. The second-order valence-electron chi connectivity index (χ2n) is 15.2. The molecule has 61 heavy (non-hydrogen) atoms. The van der Waals surface area contributed by atoms with E-state index >= 15 is 0 Å². The van der Waals surface area contributed by atoms with Gasteiger partial charge in [-0.25, -0.2) is 0 Å². The molecule has 0 amide bonds. The van der Waals surface area contributed by atoms with Crippen LogP contribution < -0.4 is 23.7 Å². The maximum atomic E-state index is 14.0. The number of esters is 5. The third-order valence-electron chi connectivity index (χ3n) is 11.1. The number of hydrogen-bond donors (Lipinski definition) is 0. The third-order valence-corrected chi connectivity index (χ3v) is 11.1. The van der Waals surface area contributed by atoms with Gasteiger partial charge in [-0.05, 0) is 66.6 Å². The summed E-state index contributed by atoms with van der Waals surface area (Å²) in [5.41, 5.74) is 1.85. The molecule has 17 heteroatoms. The van der Waals surface area contributed by atoms with Crippen molar-refractivity contribution < 1.29 is 80.8 Å². The van der Waals surface area contributed by atoms with Crippen LogP contribution in [0.3, 0.4) is 0 Å². The van der Waals surface area contributed by atoms with Crippen molar-refractivity contribution in [3.05, 3.63) is 41.0 Å². The number of ether oxygens (including phenoxy) is 12. The van der Waals surface area contributed by atoms with E-state index in [9.17, 15) is 24.0 Å². The summed E-state index contributed by atoms with van der Waals surface area (Å²) < 4.78 is 71.7. The number of rotatable bonds is 19. The van der Waals surface area contributed by atoms with E-state index in [1.54, 1.807) is 45.0 Å². The second kappa shape index (κ2) is 20.5. The van der Waals surface area contributed by atoms with Gasteiger partial charge in [0.2, 0.25) is 12.5 Å². The zero-order chi connectivity index (χ0) is 43.8. The van der Waals surface area contributed by atoms with Gasteiger partial charge in [0.1, 0.15) is 12.7 Å². The Balaban J connectivity index is 1.50. The molecule has 334 valence electrons. The highest BCUT2D eigenvalue weighted by Crippen LogP contribution is 2.57. The lowest BCUT2D eigenvalue weighted by Gasteiger charge is -2.47. The number of carbonyl (C=O) groups is 5. The van der Waals surface area contributed by atoms with E-state index in [0.717, 1.165) is 0 Å². The number of methoxy groups -OCH3 is 3. The first-order chi connectivity index (χ1) is 29.5. The van der Waals surface area contributed by atoms with Gasteiger partial charge in [0.05, 0.1) is 40.0 Å². The summed E-state index contributed by atoms with van der Waals surface area (Å²) >= 11 is 0. The zero-order valence-electron chi connectivity index (χ0n) is 35.7. The van der Waals surface area contributed by atoms with Crippen molar-refractivity contribution in [3.63, 3.8) is 0 Å². The Morgan fingerprint density at radius 1 is 0.656 bits per heavy atom. The van der Waals surface area contributed by atoms with Crippen LogP contribution in [0.25, 0.3) is 0 Å². The summed E-state index contributed by atoms with van der Waals surface area (Å²) in [6.45, 7) is 6.68. The molecular formula is C44H56O17. The van der Waals surface area contributed by atoms with E-state index in [0.29, 0.717) is 71.1 Å². The Hall–Kier alpha value is -5.29. The number of fused-ring (bicyclic) bond motifs is 3. The van der Waals surface area contributed by atoms with Gasteiger partial charge in [-0.1, -0.05) is 27.7 Å². The molecule has 0 radical (unpaired) electrons. The fourth-order valence-electron chi connectivity index (χ4n) is 8.33. The Morgan fingerprint density at radius 3 is 1.75 bits per heavy atom. The third kappa shape index (κ3) is 9.77. The maximum absolute atomic E-state index is 14.0. The molecular weight excluding hydrogens is 800 g/mol. The van der Waals surface area contributed by atoms with Crippen LogP contribution in [0.1, 0.15) is 108 Å². The van der Waals surface area contributed by atoms with Crippen LogP contribution in [0.4, 0.5) is 0 Å². The molecule has 0 saturated carbocycles. The van der Waals surface area contributed by atoms with E-state index in [-0.39, 0.29) is 39.1 Å². The van der Waals surface area contributed by atoms with Crippen molar-refractivity contribution in [1.29, 1.82) is 0 Å². The Morgan fingerprint density at radius 2 is 1.20 bits per heavy atom. The molecule has 2 saturated heterocycles. The van der Waals surface area contributed by atoms with Crippen molar-refractivity contribution in [1.82, 2.24) is 0 Å². The summed E-state index contributed by atoms with van der Waals surface area (Å²) in [6, 6.07) is 7.11. The van der Waals surface area contributed by atoms with Crippen LogP contribution in [-0.2, 0) is 57.1 Å². The zero-order valence-corrected chi connectivity index (χ0v) is 35.7. The molecule has 4 aliphatic rings. The summed E-state index contributed by atoms with van der Waals surface area (Å²) in [5, 5.41) is 0. The molecule has 6 rings (SSSR count). The first-order valence-corrected chi connectivity index (χ1v) is 20.9. The number of carbonyl (C=O) groups excluding carboxylic acids is 5. The fourth-order valence-corrected chi connectivity index (χ4v) is 8.33. The molecule has 2 aromatic carbocycles. The van der Waals surface area contributed by atoms with Crippen LogP contribution in [0, 0.1) is 11.8 Å². The van der Waals surface area contributed by atoms with Gasteiger partial charge in [0, 0.05) is 37.5 Å². The summed E-state index contributed by atoms with van der Waals surface area (Å²) in [7, 11) is 4.49. The van der Waals surface area contributed by atoms with Gasteiger partial charge in [-0.15, -0.1) is 0 Å². The second-order valence-corrected chi connectivity index (χ2v) is 15.2. The van der Waals surface area contributed by atoms with Gasteiger partial charge in [-0.2, -0.15) is 0 Å². The number of cyclic esters (lactones) is 1. The molecule has 17 nitrogen and oxygen atoms in total. The maximum Gasteiger partial charge on any atom is 0.310 e. The predicted molar refractivity (Wildman–Crippen MR) is 211 cm³/mol. The highest BCUT2D eigenvalue weighted by Gasteiger charge is 2.58. The molecule has 0 N–H and O–H groups in total.